The molecule has 3 rings (SSSR count). The number of hydrogen-bond donors (Lipinski definition) is 2. The van der Waals surface area contributed by atoms with Gasteiger partial charge in [0.05, 0.1) is 20.8 Å². The number of methoxy groups -OCH3 is 2. The van der Waals surface area contributed by atoms with Crippen LogP contribution in [-0.2, 0) is 6.61 Å². The molecule has 0 saturated carbocycles. The van der Waals surface area contributed by atoms with Crippen LogP contribution in [0.4, 0.5) is 0 Å². The monoisotopic (exact) mass is 410 g/mol. The zero-order valence-electron chi connectivity index (χ0n) is 17.0. The topological polar surface area (TPSA) is 77.4 Å². The third-order valence-corrected chi connectivity index (χ3v) is 4.63. The molecule has 6 heteroatoms. The molecular weight excluding hydrogens is 384 g/mol. The zero-order valence-corrected chi connectivity index (χ0v) is 17.0. The maximum Gasteiger partial charge on any atom is 0.161 e. The van der Waals surface area contributed by atoms with E-state index in [0.717, 1.165) is 5.56 Å². The minimum atomic E-state index is -1.07. The number of rotatable bonds is 10. The zero-order chi connectivity index (χ0) is 21.3. The van der Waals surface area contributed by atoms with Crippen LogP contribution >= 0.6 is 0 Å². The van der Waals surface area contributed by atoms with Gasteiger partial charge in [-0.25, -0.2) is 0 Å². The predicted octanol–water partition coefficient (Wildman–Crippen LogP) is 3.76. The molecule has 2 unspecified atom stereocenters. The van der Waals surface area contributed by atoms with Crippen molar-refractivity contribution in [3.63, 3.8) is 0 Å². The fourth-order valence-electron chi connectivity index (χ4n) is 2.99. The largest absolute Gasteiger partial charge is 0.497 e. The Morgan fingerprint density at radius 3 is 2.27 bits per heavy atom. The Morgan fingerprint density at radius 2 is 1.57 bits per heavy atom. The van der Waals surface area contributed by atoms with Gasteiger partial charge >= 0.3 is 0 Å². The molecule has 6 nitrogen and oxygen atoms in total. The Kier molecular flexibility index (Phi) is 7.54. The molecule has 3 aromatic carbocycles. The van der Waals surface area contributed by atoms with Gasteiger partial charge in [0.25, 0.3) is 0 Å². The lowest BCUT2D eigenvalue weighted by Gasteiger charge is -2.23. The number of aliphatic hydroxyl groups is 2. The number of aliphatic hydroxyl groups excluding tert-OH is 2. The molecule has 3 aromatic rings. The van der Waals surface area contributed by atoms with Crippen molar-refractivity contribution in [2.75, 3.05) is 20.8 Å². The Labute approximate surface area is 176 Å². The van der Waals surface area contributed by atoms with Gasteiger partial charge in [-0.3, -0.25) is 0 Å². The van der Waals surface area contributed by atoms with E-state index in [1.165, 1.54) is 7.11 Å². The van der Waals surface area contributed by atoms with Gasteiger partial charge in [-0.15, -0.1) is 0 Å². The normalized spacial score (nSPS) is 12.7. The molecule has 0 radical (unpaired) electrons. The van der Waals surface area contributed by atoms with Crippen LogP contribution in [0.15, 0.2) is 72.8 Å². The van der Waals surface area contributed by atoms with Crippen LogP contribution in [0.2, 0.25) is 0 Å². The first-order chi connectivity index (χ1) is 14.6. The second kappa shape index (κ2) is 10.5. The number of ether oxygens (including phenoxy) is 4. The highest BCUT2D eigenvalue weighted by Crippen LogP contribution is 2.33. The van der Waals surface area contributed by atoms with Gasteiger partial charge in [-0.05, 0) is 35.4 Å². The molecule has 2 atom stereocenters. The molecule has 0 spiro atoms. The highest BCUT2D eigenvalue weighted by molar-refractivity contribution is 5.44. The summed E-state index contributed by atoms with van der Waals surface area (Å²) in [7, 11) is 3.10. The lowest BCUT2D eigenvalue weighted by molar-refractivity contribution is 0.000561. The van der Waals surface area contributed by atoms with Crippen molar-refractivity contribution in [3.05, 3.63) is 83.9 Å². The average Bonchev–Trinajstić information content (AvgIpc) is 2.81. The molecule has 30 heavy (non-hydrogen) atoms. The van der Waals surface area contributed by atoms with Gasteiger partial charge in [0.2, 0.25) is 0 Å². The molecule has 0 bridgehead atoms. The van der Waals surface area contributed by atoms with Crippen LogP contribution < -0.4 is 18.9 Å². The molecule has 0 amide bonds. The first-order valence-electron chi connectivity index (χ1n) is 9.59. The van der Waals surface area contributed by atoms with Crippen molar-refractivity contribution in [3.8, 4) is 23.0 Å². The van der Waals surface area contributed by atoms with Crippen molar-refractivity contribution < 1.29 is 29.2 Å². The summed E-state index contributed by atoms with van der Waals surface area (Å²) in [4.78, 5) is 0. The Balaban J connectivity index is 1.72. The van der Waals surface area contributed by atoms with Crippen LogP contribution in [0, 0.1) is 0 Å². The molecule has 0 aliphatic rings. The summed E-state index contributed by atoms with van der Waals surface area (Å²) in [5.74, 6) is 2.16. The van der Waals surface area contributed by atoms with E-state index in [1.54, 1.807) is 49.6 Å². The highest BCUT2D eigenvalue weighted by atomic mass is 16.5. The standard InChI is InChI=1S/C24H26O6/c1-27-19-9-6-10-20(14-19)30-23(15-25)24(26)18-11-12-21(22(13-18)28-2)29-16-17-7-4-3-5-8-17/h3-14,23-26H,15-16H2,1-2H3. The van der Waals surface area contributed by atoms with Crippen molar-refractivity contribution >= 4 is 0 Å². The number of hydrogen-bond acceptors (Lipinski definition) is 6. The predicted molar refractivity (Wildman–Crippen MR) is 113 cm³/mol. The van der Waals surface area contributed by atoms with Crippen LogP contribution in [0.25, 0.3) is 0 Å². The SMILES string of the molecule is COc1cccc(OC(CO)C(O)c2ccc(OCc3ccccc3)c(OC)c2)c1. The summed E-state index contributed by atoms with van der Waals surface area (Å²) in [5, 5.41) is 20.5. The first kappa shape index (κ1) is 21.5. The van der Waals surface area contributed by atoms with Gasteiger partial charge in [0.15, 0.2) is 17.6 Å². The lowest BCUT2D eigenvalue weighted by Crippen LogP contribution is -2.29. The summed E-state index contributed by atoms with van der Waals surface area (Å²) in [6.07, 6.45) is -1.93. The molecule has 0 fully saturated rings. The van der Waals surface area contributed by atoms with E-state index >= 15 is 0 Å². The third kappa shape index (κ3) is 5.43. The van der Waals surface area contributed by atoms with E-state index in [2.05, 4.69) is 0 Å². The molecule has 158 valence electrons. The van der Waals surface area contributed by atoms with E-state index in [1.807, 2.05) is 30.3 Å². The third-order valence-electron chi connectivity index (χ3n) is 4.63. The van der Waals surface area contributed by atoms with E-state index in [4.69, 9.17) is 18.9 Å². The quantitative estimate of drug-likeness (QED) is 0.530. The molecule has 0 aromatic heterocycles. The highest BCUT2D eigenvalue weighted by Gasteiger charge is 2.24. The fourth-order valence-corrected chi connectivity index (χ4v) is 2.99. The van der Waals surface area contributed by atoms with Crippen LogP contribution in [-0.4, -0.2) is 37.1 Å². The number of benzene rings is 3. The Morgan fingerprint density at radius 1 is 0.800 bits per heavy atom. The van der Waals surface area contributed by atoms with Crippen molar-refractivity contribution in [2.45, 2.75) is 18.8 Å². The van der Waals surface area contributed by atoms with Crippen molar-refractivity contribution in [1.82, 2.24) is 0 Å². The second-order valence-electron chi connectivity index (χ2n) is 6.65. The van der Waals surface area contributed by atoms with Crippen molar-refractivity contribution in [2.24, 2.45) is 0 Å². The summed E-state index contributed by atoms with van der Waals surface area (Å²) >= 11 is 0. The van der Waals surface area contributed by atoms with Gasteiger partial charge in [-0.2, -0.15) is 0 Å². The van der Waals surface area contributed by atoms with Gasteiger partial charge in [-0.1, -0.05) is 42.5 Å². The fraction of sp³-hybridized carbons (Fsp3) is 0.250. The molecular formula is C24H26O6. The Bertz CT molecular complexity index is 928. The maximum atomic E-state index is 10.8. The van der Waals surface area contributed by atoms with Gasteiger partial charge in [0.1, 0.15) is 24.2 Å². The smallest absolute Gasteiger partial charge is 0.161 e. The summed E-state index contributed by atoms with van der Waals surface area (Å²) in [5.41, 5.74) is 1.58. The first-order valence-corrected chi connectivity index (χ1v) is 9.59. The minimum Gasteiger partial charge on any atom is -0.497 e. The molecule has 0 aliphatic heterocycles. The molecule has 2 N–H and O–H groups in total. The molecule has 0 heterocycles. The van der Waals surface area contributed by atoms with E-state index in [9.17, 15) is 10.2 Å². The Hall–Kier alpha value is -3.22. The average molecular weight is 410 g/mol. The van der Waals surface area contributed by atoms with Gasteiger partial charge < -0.3 is 29.2 Å². The minimum absolute atomic E-state index is 0.368. The molecule has 0 aliphatic carbocycles. The van der Waals surface area contributed by atoms with E-state index < -0.39 is 12.2 Å². The lowest BCUT2D eigenvalue weighted by atomic mass is 10.0. The van der Waals surface area contributed by atoms with Crippen LogP contribution in [0.3, 0.4) is 0 Å². The summed E-state index contributed by atoms with van der Waals surface area (Å²) < 4.78 is 22.2. The summed E-state index contributed by atoms with van der Waals surface area (Å²) in [6.45, 7) is 0.0320. The van der Waals surface area contributed by atoms with E-state index in [0.29, 0.717) is 35.2 Å². The van der Waals surface area contributed by atoms with Crippen LogP contribution in [0.1, 0.15) is 17.2 Å². The van der Waals surface area contributed by atoms with Crippen LogP contribution in [0.5, 0.6) is 23.0 Å². The summed E-state index contributed by atoms with van der Waals surface area (Å²) in [6, 6.07) is 21.9. The van der Waals surface area contributed by atoms with Crippen molar-refractivity contribution in [1.29, 1.82) is 0 Å². The van der Waals surface area contributed by atoms with Gasteiger partial charge in [0, 0.05) is 6.07 Å². The molecule has 0 saturated heterocycles. The second-order valence-corrected chi connectivity index (χ2v) is 6.65. The maximum absolute atomic E-state index is 10.8. The van der Waals surface area contributed by atoms with E-state index in [-0.39, 0.29) is 6.61 Å².